The van der Waals surface area contributed by atoms with E-state index >= 15 is 0 Å². The van der Waals surface area contributed by atoms with Crippen LogP contribution in [0.4, 0.5) is 0 Å². The highest BCUT2D eigenvalue weighted by molar-refractivity contribution is 6.04. The quantitative estimate of drug-likeness (QED) is 0.570. The molecule has 1 aromatic heterocycles. The first kappa shape index (κ1) is 21.1. The van der Waals surface area contributed by atoms with Crippen molar-refractivity contribution >= 4 is 22.9 Å². The lowest BCUT2D eigenvalue weighted by atomic mass is 9.89. The van der Waals surface area contributed by atoms with E-state index in [1.54, 1.807) is 6.08 Å². The van der Waals surface area contributed by atoms with Crippen molar-refractivity contribution in [1.82, 2.24) is 14.8 Å². The van der Waals surface area contributed by atoms with Crippen molar-refractivity contribution in [3.05, 3.63) is 41.1 Å². The van der Waals surface area contributed by atoms with Crippen LogP contribution in [0.15, 0.2) is 29.8 Å². The molecule has 0 spiro atoms. The van der Waals surface area contributed by atoms with E-state index in [2.05, 4.69) is 54.0 Å². The van der Waals surface area contributed by atoms with Gasteiger partial charge in [0.1, 0.15) is 11.6 Å². The minimum atomic E-state index is -0.261. The van der Waals surface area contributed by atoms with Gasteiger partial charge in [-0.25, -0.2) is 0 Å². The molecule has 1 saturated carbocycles. The number of amides is 1. The van der Waals surface area contributed by atoms with Gasteiger partial charge in [-0.1, -0.05) is 37.5 Å². The van der Waals surface area contributed by atoms with Crippen molar-refractivity contribution < 1.29 is 4.79 Å². The average Bonchev–Trinajstić information content (AvgIpc) is 3.00. The zero-order valence-electron chi connectivity index (χ0n) is 17.9. The highest BCUT2D eigenvalue weighted by Crippen LogP contribution is 2.28. The summed E-state index contributed by atoms with van der Waals surface area (Å²) < 4.78 is 2.27. The third-order valence-corrected chi connectivity index (χ3v) is 5.98. The van der Waals surface area contributed by atoms with Gasteiger partial charge in [-0.2, -0.15) is 5.26 Å². The minimum absolute atomic E-state index is 0.180. The first-order chi connectivity index (χ1) is 14.0. The zero-order valence-corrected chi connectivity index (χ0v) is 17.9. The van der Waals surface area contributed by atoms with E-state index in [1.165, 1.54) is 32.1 Å². The molecule has 0 radical (unpaired) electrons. The van der Waals surface area contributed by atoms with Crippen LogP contribution in [0.1, 0.15) is 43.4 Å². The summed E-state index contributed by atoms with van der Waals surface area (Å²) in [6, 6.07) is 10.3. The molecule has 1 N–H and O–H groups in total. The van der Waals surface area contributed by atoms with Crippen LogP contribution >= 0.6 is 0 Å². The monoisotopic (exact) mass is 392 g/mol. The maximum absolute atomic E-state index is 12.7. The van der Waals surface area contributed by atoms with Gasteiger partial charge in [-0.15, -0.1) is 0 Å². The Morgan fingerprint density at radius 2 is 2.00 bits per heavy atom. The van der Waals surface area contributed by atoms with Gasteiger partial charge >= 0.3 is 0 Å². The summed E-state index contributed by atoms with van der Waals surface area (Å²) >= 11 is 0. The standard InChI is InChI=1S/C24H32N4O/c1-18-22(21-11-7-8-12-23(21)28(18)14-13-27(2)3)15-20(16-25)24(29)26-17-19-9-5-4-6-10-19/h7-8,11-12,15,19H,4-6,9-10,13-14,17H2,1-3H3,(H,26,29)/b20-15+. The number of rotatable bonds is 7. The first-order valence-corrected chi connectivity index (χ1v) is 10.6. The second kappa shape index (κ2) is 9.76. The van der Waals surface area contributed by atoms with E-state index in [4.69, 9.17) is 0 Å². The van der Waals surface area contributed by atoms with Gasteiger partial charge in [0.05, 0.1) is 0 Å². The van der Waals surface area contributed by atoms with Gasteiger partial charge < -0.3 is 14.8 Å². The molecule has 1 fully saturated rings. The van der Waals surface area contributed by atoms with Gasteiger partial charge in [0.25, 0.3) is 5.91 Å². The molecule has 1 heterocycles. The summed E-state index contributed by atoms with van der Waals surface area (Å²) in [4.78, 5) is 14.8. The third kappa shape index (κ3) is 5.07. The number of nitrogens with one attached hydrogen (secondary N) is 1. The van der Waals surface area contributed by atoms with E-state index in [9.17, 15) is 10.1 Å². The van der Waals surface area contributed by atoms with E-state index in [0.29, 0.717) is 12.5 Å². The number of benzene rings is 1. The molecule has 1 amide bonds. The Hall–Kier alpha value is -2.58. The lowest BCUT2D eigenvalue weighted by Gasteiger charge is -2.21. The maximum atomic E-state index is 12.7. The number of nitriles is 1. The second-order valence-electron chi connectivity index (χ2n) is 8.36. The fourth-order valence-electron chi connectivity index (χ4n) is 4.24. The fourth-order valence-corrected chi connectivity index (χ4v) is 4.24. The van der Waals surface area contributed by atoms with Crippen LogP contribution in [-0.2, 0) is 11.3 Å². The van der Waals surface area contributed by atoms with Crippen molar-refractivity contribution in [2.75, 3.05) is 27.2 Å². The Morgan fingerprint density at radius 1 is 1.28 bits per heavy atom. The SMILES string of the molecule is Cc1c(/C=C(\C#N)C(=O)NCC2CCCCC2)c2ccccc2n1CCN(C)C. The number of carbonyl (C=O) groups excluding carboxylic acids is 1. The van der Waals surface area contributed by atoms with Crippen LogP contribution in [0.3, 0.4) is 0 Å². The molecule has 5 nitrogen and oxygen atoms in total. The Bertz CT molecular complexity index is 926. The number of hydrogen-bond acceptors (Lipinski definition) is 3. The number of para-hydroxylation sites is 1. The molecule has 3 rings (SSSR count). The van der Waals surface area contributed by atoms with Gasteiger partial charge in [-0.05, 0) is 51.9 Å². The molecule has 29 heavy (non-hydrogen) atoms. The van der Waals surface area contributed by atoms with Crippen LogP contribution < -0.4 is 5.32 Å². The normalized spacial score (nSPS) is 15.6. The van der Waals surface area contributed by atoms with E-state index in [1.807, 2.05) is 12.1 Å². The zero-order chi connectivity index (χ0) is 20.8. The van der Waals surface area contributed by atoms with Gasteiger partial charge in [0.2, 0.25) is 0 Å². The van der Waals surface area contributed by atoms with Crippen molar-refractivity contribution in [3.8, 4) is 6.07 Å². The topological polar surface area (TPSA) is 61.1 Å². The van der Waals surface area contributed by atoms with Gasteiger partial charge in [0, 0.05) is 41.8 Å². The van der Waals surface area contributed by atoms with Crippen LogP contribution in [0.2, 0.25) is 0 Å². The number of aromatic nitrogens is 1. The summed E-state index contributed by atoms with van der Waals surface area (Å²) in [6.07, 6.45) is 7.89. The van der Waals surface area contributed by atoms with Crippen molar-refractivity contribution in [1.29, 1.82) is 5.26 Å². The molecule has 0 saturated heterocycles. The predicted octanol–water partition coefficient (Wildman–Crippen LogP) is 4.11. The Labute approximate surface area is 174 Å². The Balaban J connectivity index is 1.85. The predicted molar refractivity (Wildman–Crippen MR) is 118 cm³/mol. The number of carbonyl (C=O) groups is 1. The summed E-state index contributed by atoms with van der Waals surface area (Å²) in [5.41, 5.74) is 3.36. The average molecular weight is 393 g/mol. The molecule has 0 bridgehead atoms. The van der Waals surface area contributed by atoms with Crippen molar-refractivity contribution in [2.45, 2.75) is 45.6 Å². The van der Waals surface area contributed by atoms with E-state index < -0.39 is 0 Å². The number of hydrogen-bond donors (Lipinski definition) is 1. The summed E-state index contributed by atoms with van der Waals surface area (Å²) in [5, 5.41) is 13.7. The third-order valence-electron chi connectivity index (χ3n) is 5.98. The summed E-state index contributed by atoms with van der Waals surface area (Å²) in [6.45, 7) is 4.52. The smallest absolute Gasteiger partial charge is 0.261 e. The number of nitrogens with zero attached hydrogens (tertiary/aromatic N) is 3. The Kier molecular flexibility index (Phi) is 7.11. The first-order valence-electron chi connectivity index (χ1n) is 10.6. The van der Waals surface area contributed by atoms with Crippen LogP contribution in [-0.4, -0.2) is 42.6 Å². The van der Waals surface area contributed by atoms with Crippen LogP contribution in [0.5, 0.6) is 0 Å². The van der Waals surface area contributed by atoms with E-state index in [-0.39, 0.29) is 11.5 Å². The lowest BCUT2D eigenvalue weighted by Crippen LogP contribution is -2.31. The highest BCUT2D eigenvalue weighted by Gasteiger charge is 2.18. The van der Waals surface area contributed by atoms with Crippen molar-refractivity contribution in [2.24, 2.45) is 5.92 Å². The molecular weight excluding hydrogens is 360 g/mol. The molecule has 0 aliphatic heterocycles. The molecule has 1 aromatic carbocycles. The minimum Gasteiger partial charge on any atom is -0.351 e. The molecule has 0 unspecified atom stereocenters. The Morgan fingerprint density at radius 3 is 2.69 bits per heavy atom. The molecule has 154 valence electrons. The van der Waals surface area contributed by atoms with Gasteiger partial charge in [-0.3, -0.25) is 4.79 Å². The molecule has 2 aromatic rings. The van der Waals surface area contributed by atoms with Crippen molar-refractivity contribution in [3.63, 3.8) is 0 Å². The summed E-state index contributed by atoms with van der Waals surface area (Å²) in [7, 11) is 4.12. The lowest BCUT2D eigenvalue weighted by molar-refractivity contribution is -0.117. The molecule has 5 heteroatoms. The fraction of sp³-hybridized carbons (Fsp3) is 0.500. The molecule has 0 atom stereocenters. The van der Waals surface area contributed by atoms with Crippen LogP contribution in [0.25, 0.3) is 17.0 Å². The van der Waals surface area contributed by atoms with Crippen LogP contribution in [0, 0.1) is 24.2 Å². The number of likely N-dealkylation sites (N-methyl/N-ethyl adjacent to an activating group) is 1. The van der Waals surface area contributed by atoms with E-state index in [0.717, 1.165) is 35.2 Å². The molecule has 1 aliphatic carbocycles. The number of fused-ring (bicyclic) bond motifs is 1. The maximum Gasteiger partial charge on any atom is 0.261 e. The summed E-state index contributed by atoms with van der Waals surface area (Å²) in [5.74, 6) is 0.282. The second-order valence-corrected chi connectivity index (χ2v) is 8.36. The molecule has 1 aliphatic rings. The van der Waals surface area contributed by atoms with Gasteiger partial charge in [0.15, 0.2) is 0 Å². The molecular formula is C24H32N4O. The highest BCUT2D eigenvalue weighted by atomic mass is 16.1. The largest absolute Gasteiger partial charge is 0.351 e.